The molecule has 0 bridgehead atoms. The maximum Gasteiger partial charge on any atom is 0.348 e. The Labute approximate surface area is 163 Å². The van der Waals surface area contributed by atoms with Gasteiger partial charge in [0.15, 0.2) is 11.5 Å². The van der Waals surface area contributed by atoms with Crippen LogP contribution in [0.3, 0.4) is 0 Å². The van der Waals surface area contributed by atoms with E-state index in [-0.39, 0.29) is 11.6 Å². The van der Waals surface area contributed by atoms with Crippen LogP contribution in [0.15, 0.2) is 35.7 Å². The van der Waals surface area contributed by atoms with Crippen LogP contribution in [0.2, 0.25) is 0 Å². The fourth-order valence-corrected chi connectivity index (χ4v) is 3.99. The van der Waals surface area contributed by atoms with E-state index in [0.717, 1.165) is 16.9 Å². The number of esters is 1. The van der Waals surface area contributed by atoms with Gasteiger partial charge in [0.05, 0.1) is 31.9 Å². The molecule has 0 aliphatic heterocycles. The Kier molecular flexibility index (Phi) is 5.72. The highest BCUT2D eigenvalue weighted by atomic mass is 32.1. The Balaban J connectivity index is 1.81. The molecule has 1 N–H and O–H groups in total. The minimum Gasteiger partial charge on any atom is -0.493 e. The molecule has 0 aliphatic rings. The van der Waals surface area contributed by atoms with E-state index in [9.17, 15) is 9.59 Å². The maximum atomic E-state index is 12.5. The molecule has 0 saturated carbocycles. The monoisotopic (exact) mass is 404 g/mol. The van der Waals surface area contributed by atoms with E-state index in [1.54, 1.807) is 37.8 Å². The zero-order valence-electron chi connectivity index (χ0n) is 14.8. The molecular formula is C18H16N2O5S2. The van der Waals surface area contributed by atoms with E-state index in [1.165, 1.54) is 18.4 Å². The normalized spacial score (nSPS) is 10.3. The summed E-state index contributed by atoms with van der Waals surface area (Å²) in [5.74, 6) is 0.339. The summed E-state index contributed by atoms with van der Waals surface area (Å²) in [6.07, 6.45) is 0. The van der Waals surface area contributed by atoms with Gasteiger partial charge in [-0.15, -0.1) is 22.7 Å². The predicted molar refractivity (Wildman–Crippen MR) is 104 cm³/mol. The van der Waals surface area contributed by atoms with Crippen molar-refractivity contribution in [3.05, 3.63) is 46.3 Å². The summed E-state index contributed by atoms with van der Waals surface area (Å²) in [6, 6.07) is 8.72. The highest BCUT2D eigenvalue weighted by Crippen LogP contribution is 2.39. The van der Waals surface area contributed by atoms with E-state index in [0.29, 0.717) is 26.4 Å². The van der Waals surface area contributed by atoms with Gasteiger partial charge in [0, 0.05) is 5.38 Å². The zero-order valence-corrected chi connectivity index (χ0v) is 16.4. The first kappa shape index (κ1) is 18.9. The largest absolute Gasteiger partial charge is 0.493 e. The minimum atomic E-state index is -0.443. The van der Waals surface area contributed by atoms with Gasteiger partial charge in [-0.1, -0.05) is 6.07 Å². The molecule has 2 aromatic heterocycles. The van der Waals surface area contributed by atoms with E-state index in [4.69, 9.17) is 9.47 Å². The van der Waals surface area contributed by atoms with Crippen LogP contribution in [0, 0.1) is 0 Å². The van der Waals surface area contributed by atoms with Crippen LogP contribution < -0.4 is 14.8 Å². The number of nitrogens with zero attached hydrogens (tertiary/aromatic N) is 1. The third-order valence-electron chi connectivity index (χ3n) is 3.60. The van der Waals surface area contributed by atoms with Gasteiger partial charge in [0.1, 0.15) is 15.6 Å². The molecule has 3 rings (SSSR count). The van der Waals surface area contributed by atoms with Crippen molar-refractivity contribution in [2.75, 3.05) is 26.6 Å². The third kappa shape index (κ3) is 3.93. The highest BCUT2D eigenvalue weighted by molar-refractivity contribution is 7.18. The molecule has 0 fully saturated rings. The number of benzene rings is 1. The molecule has 1 amide bonds. The molecule has 27 heavy (non-hydrogen) atoms. The van der Waals surface area contributed by atoms with Crippen molar-refractivity contribution < 1.29 is 23.8 Å². The lowest BCUT2D eigenvalue weighted by atomic mass is 10.2. The smallest absolute Gasteiger partial charge is 0.348 e. The highest BCUT2D eigenvalue weighted by Gasteiger charge is 2.18. The molecule has 3 aromatic rings. The van der Waals surface area contributed by atoms with E-state index < -0.39 is 5.97 Å². The predicted octanol–water partition coefficient (Wildman–Crippen LogP) is 3.93. The first-order valence-corrected chi connectivity index (χ1v) is 9.43. The van der Waals surface area contributed by atoms with E-state index >= 15 is 0 Å². The quantitative estimate of drug-likeness (QED) is 0.627. The van der Waals surface area contributed by atoms with Crippen molar-refractivity contribution >= 4 is 39.6 Å². The lowest BCUT2D eigenvalue weighted by molar-refractivity contribution is 0.0606. The molecule has 0 saturated heterocycles. The number of carbonyl (C=O) groups excluding carboxylic acids is 2. The molecule has 1 aromatic carbocycles. The van der Waals surface area contributed by atoms with Crippen molar-refractivity contribution in [2.45, 2.75) is 0 Å². The molecular weight excluding hydrogens is 388 g/mol. The van der Waals surface area contributed by atoms with Crippen molar-refractivity contribution in [1.82, 2.24) is 4.98 Å². The Morgan fingerprint density at radius 2 is 1.89 bits per heavy atom. The van der Waals surface area contributed by atoms with Gasteiger partial charge >= 0.3 is 5.97 Å². The lowest BCUT2D eigenvalue weighted by Gasteiger charge is -2.10. The molecule has 0 unspecified atom stereocenters. The first-order valence-electron chi connectivity index (χ1n) is 7.73. The number of para-hydroxylation sites is 1. The summed E-state index contributed by atoms with van der Waals surface area (Å²) in [5, 5.41) is 5.57. The van der Waals surface area contributed by atoms with Gasteiger partial charge in [-0.3, -0.25) is 4.79 Å². The van der Waals surface area contributed by atoms with Crippen molar-refractivity contribution in [1.29, 1.82) is 0 Å². The summed E-state index contributed by atoms with van der Waals surface area (Å²) in [6.45, 7) is 0. The number of carbonyl (C=O) groups is 2. The molecule has 7 nitrogen and oxygen atoms in total. The van der Waals surface area contributed by atoms with Gasteiger partial charge in [-0.05, 0) is 24.3 Å². The topological polar surface area (TPSA) is 86.8 Å². The molecule has 0 aliphatic carbocycles. The van der Waals surface area contributed by atoms with Crippen LogP contribution in [-0.4, -0.2) is 38.2 Å². The van der Waals surface area contributed by atoms with Crippen LogP contribution in [0.1, 0.15) is 20.2 Å². The molecule has 2 heterocycles. The second kappa shape index (κ2) is 8.19. The van der Waals surface area contributed by atoms with Crippen molar-refractivity contribution in [2.24, 2.45) is 0 Å². The molecule has 0 radical (unpaired) electrons. The summed E-state index contributed by atoms with van der Waals surface area (Å²) >= 11 is 2.46. The average Bonchev–Trinajstić information content (AvgIpc) is 3.36. The molecule has 0 atom stereocenters. The Hall–Kier alpha value is -2.91. The number of aromatic nitrogens is 1. The fraction of sp³-hybridized carbons (Fsp3) is 0.167. The van der Waals surface area contributed by atoms with Crippen LogP contribution in [0.4, 0.5) is 5.00 Å². The van der Waals surface area contributed by atoms with E-state index in [2.05, 4.69) is 15.0 Å². The molecule has 140 valence electrons. The summed E-state index contributed by atoms with van der Waals surface area (Å²) in [5.41, 5.74) is 1.01. The van der Waals surface area contributed by atoms with Crippen LogP contribution in [-0.2, 0) is 4.74 Å². The number of hydrogen-bond donors (Lipinski definition) is 1. The van der Waals surface area contributed by atoms with Gasteiger partial charge in [0.25, 0.3) is 5.91 Å². The van der Waals surface area contributed by atoms with Crippen LogP contribution in [0.5, 0.6) is 11.5 Å². The minimum absolute atomic E-state index is 0.271. The number of anilines is 1. The molecule has 0 spiro atoms. The Bertz CT molecular complexity index is 980. The number of nitrogens with one attached hydrogen (secondary N) is 1. The van der Waals surface area contributed by atoms with Crippen LogP contribution in [0.25, 0.3) is 10.6 Å². The second-order valence-corrected chi connectivity index (χ2v) is 7.13. The second-order valence-electron chi connectivity index (χ2n) is 5.19. The number of amides is 1. The summed E-state index contributed by atoms with van der Waals surface area (Å²) in [7, 11) is 4.42. The number of thiazole rings is 1. The summed E-state index contributed by atoms with van der Waals surface area (Å²) in [4.78, 5) is 28.8. The summed E-state index contributed by atoms with van der Waals surface area (Å²) < 4.78 is 15.4. The first-order chi connectivity index (χ1) is 13.1. The Morgan fingerprint density at radius 1 is 1.07 bits per heavy atom. The number of hydrogen-bond acceptors (Lipinski definition) is 8. The third-order valence-corrected chi connectivity index (χ3v) is 5.46. The van der Waals surface area contributed by atoms with Gasteiger partial charge in [-0.2, -0.15) is 0 Å². The SMILES string of the molecule is COC(=O)c1ccc(NC(=O)c2csc(-c3cccc(OC)c3OC)n2)s1. The van der Waals surface area contributed by atoms with Gasteiger partial charge in [0.2, 0.25) is 0 Å². The number of thiophene rings is 1. The zero-order chi connectivity index (χ0) is 19.4. The number of rotatable bonds is 6. The number of ether oxygens (including phenoxy) is 3. The van der Waals surface area contributed by atoms with Crippen LogP contribution >= 0.6 is 22.7 Å². The average molecular weight is 404 g/mol. The molecule has 9 heteroatoms. The van der Waals surface area contributed by atoms with Gasteiger partial charge < -0.3 is 19.5 Å². The lowest BCUT2D eigenvalue weighted by Crippen LogP contribution is -2.11. The Morgan fingerprint density at radius 3 is 2.59 bits per heavy atom. The number of methoxy groups -OCH3 is 3. The van der Waals surface area contributed by atoms with Gasteiger partial charge in [-0.25, -0.2) is 9.78 Å². The van der Waals surface area contributed by atoms with Crippen molar-refractivity contribution in [3.8, 4) is 22.1 Å². The maximum absolute atomic E-state index is 12.5. The fourth-order valence-electron chi connectivity index (χ4n) is 2.35. The van der Waals surface area contributed by atoms with E-state index in [1.807, 2.05) is 12.1 Å². The van der Waals surface area contributed by atoms with Crippen molar-refractivity contribution in [3.63, 3.8) is 0 Å². The standard InChI is InChI=1S/C18H16N2O5S2/c1-23-12-6-4-5-10(15(12)24-2)17-19-11(9-26-17)16(21)20-14-8-7-13(27-14)18(22)25-3/h4-9H,1-3H3,(H,20,21).